The molecule has 0 saturated heterocycles. The van der Waals surface area contributed by atoms with Crippen LogP contribution in [-0.4, -0.2) is 36.5 Å². The summed E-state index contributed by atoms with van der Waals surface area (Å²) in [6, 6.07) is 3.84. The molecule has 0 aliphatic carbocycles. The fourth-order valence-corrected chi connectivity index (χ4v) is 1.75. The molecule has 0 heterocycles. The van der Waals surface area contributed by atoms with Crippen LogP contribution in [0.4, 0.5) is 10.1 Å². The molecule has 1 aromatic carbocycles. The average Bonchev–Trinajstić information content (AvgIpc) is 2.24. The number of benzene rings is 1. The molecule has 100 valence electrons. The van der Waals surface area contributed by atoms with E-state index in [1.54, 1.807) is 0 Å². The van der Waals surface area contributed by atoms with Gasteiger partial charge >= 0.3 is 0 Å². The Kier molecular flexibility index (Phi) is 5.18. The monoisotopic (exact) mass is 255 g/mol. The van der Waals surface area contributed by atoms with Crippen LogP contribution in [0.25, 0.3) is 0 Å². The maximum atomic E-state index is 13.2. The molecule has 1 rings (SSSR count). The van der Waals surface area contributed by atoms with E-state index in [0.717, 1.165) is 12.6 Å². The normalized spacial score (nSPS) is 12.7. The third-order valence-electron chi connectivity index (χ3n) is 2.45. The molecule has 0 aliphatic rings. The molecule has 0 aromatic heterocycles. The van der Waals surface area contributed by atoms with Gasteiger partial charge in [0, 0.05) is 25.2 Å². The van der Waals surface area contributed by atoms with Gasteiger partial charge in [-0.1, -0.05) is 0 Å². The van der Waals surface area contributed by atoms with E-state index in [9.17, 15) is 14.5 Å². The number of nitro benzene ring substituents is 1. The summed E-state index contributed by atoms with van der Waals surface area (Å²) in [7, 11) is 3.93. The van der Waals surface area contributed by atoms with Gasteiger partial charge in [-0.25, -0.2) is 4.39 Å². The van der Waals surface area contributed by atoms with Crippen molar-refractivity contribution in [1.29, 1.82) is 0 Å². The van der Waals surface area contributed by atoms with Crippen LogP contribution < -0.4 is 5.32 Å². The molecule has 1 unspecified atom stereocenters. The van der Waals surface area contributed by atoms with Gasteiger partial charge in [0.1, 0.15) is 5.82 Å². The minimum Gasteiger partial charge on any atom is -0.309 e. The van der Waals surface area contributed by atoms with Crippen molar-refractivity contribution in [3.63, 3.8) is 0 Å². The maximum Gasteiger partial charge on any atom is 0.272 e. The Labute approximate surface area is 106 Å². The first-order valence-electron chi connectivity index (χ1n) is 5.70. The number of halogens is 1. The number of nitrogens with one attached hydrogen (secondary N) is 1. The second-order valence-corrected chi connectivity index (χ2v) is 4.62. The van der Waals surface area contributed by atoms with Crippen molar-refractivity contribution >= 4 is 5.69 Å². The van der Waals surface area contributed by atoms with E-state index in [1.165, 1.54) is 12.1 Å². The predicted octanol–water partition coefficient (Wildman–Crippen LogP) is 1.77. The van der Waals surface area contributed by atoms with Gasteiger partial charge in [0.15, 0.2) is 0 Å². The zero-order valence-corrected chi connectivity index (χ0v) is 10.8. The number of likely N-dealkylation sites (N-methyl/N-ethyl adjacent to an activating group) is 1. The van der Waals surface area contributed by atoms with Crippen molar-refractivity contribution in [2.24, 2.45) is 0 Å². The fraction of sp³-hybridized carbons (Fsp3) is 0.500. The Morgan fingerprint density at radius 3 is 2.67 bits per heavy atom. The minimum absolute atomic E-state index is 0.216. The Morgan fingerprint density at radius 1 is 1.44 bits per heavy atom. The van der Waals surface area contributed by atoms with Crippen molar-refractivity contribution in [2.75, 3.05) is 20.6 Å². The molecule has 5 nitrogen and oxygen atoms in total. The average molecular weight is 255 g/mol. The first kappa shape index (κ1) is 14.5. The Morgan fingerprint density at radius 2 is 2.11 bits per heavy atom. The van der Waals surface area contributed by atoms with Crippen LogP contribution in [-0.2, 0) is 6.54 Å². The Hall–Kier alpha value is -1.53. The third kappa shape index (κ3) is 4.77. The molecule has 1 aromatic rings. The predicted molar refractivity (Wildman–Crippen MR) is 67.9 cm³/mol. The molecule has 0 saturated carbocycles. The van der Waals surface area contributed by atoms with Crippen LogP contribution in [0.1, 0.15) is 12.5 Å². The Balaban J connectivity index is 2.64. The standard InChI is InChI=1S/C12H18FN3O2/c1-9(8-15(2)3)14-7-10-4-11(13)6-12(5-10)16(17)18/h4-6,9,14H,7-8H2,1-3H3. The Bertz CT molecular complexity index is 424. The van der Waals surface area contributed by atoms with E-state index < -0.39 is 10.7 Å². The van der Waals surface area contributed by atoms with Crippen LogP contribution in [0.3, 0.4) is 0 Å². The molecule has 18 heavy (non-hydrogen) atoms. The van der Waals surface area contributed by atoms with Crippen molar-refractivity contribution in [3.05, 3.63) is 39.7 Å². The van der Waals surface area contributed by atoms with E-state index in [-0.39, 0.29) is 11.7 Å². The highest BCUT2D eigenvalue weighted by Gasteiger charge is 2.10. The summed E-state index contributed by atoms with van der Waals surface area (Å²) >= 11 is 0. The lowest BCUT2D eigenvalue weighted by molar-refractivity contribution is -0.385. The van der Waals surface area contributed by atoms with Crippen LogP contribution >= 0.6 is 0 Å². The summed E-state index contributed by atoms with van der Waals surface area (Å²) in [5.41, 5.74) is 0.361. The molecule has 0 amide bonds. The van der Waals surface area contributed by atoms with Crippen molar-refractivity contribution < 1.29 is 9.31 Å². The number of nitrogens with zero attached hydrogens (tertiary/aromatic N) is 2. The van der Waals surface area contributed by atoms with Crippen molar-refractivity contribution in [2.45, 2.75) is 19.5 Å². The molecule has 1 atom stereocenters. The first-order chi connectivity index (χ1) is 8.38. The van der Waals surface area contributed by atoms with E-state index in [4.69, 9.17) is 0 Å². The zero-order chi connectivity index (χ0) is 13.7. The van der Waals surface area contributed by atoms with E-state index in [2.05, 4.69) is 5.32 Å². The zero-order valence-electron chi connectivity index (χ0n) is 10.8. The van der Waals surface area contributed by atoms with Crippen LogP contribution in [0.2, 0.25) is 0 Å². The molecule has 0 radical (unpaired) electrons. The van der Waals surface area contributed by atoms with Gasteiger partial charge in [0.25, 0.3) is 5.69 Å². The molecule has 0 bridgehead atoms. The van der Waals surface area contributed by atoms with Crippen molar-refractivity contribution in [3.8, 4) is 0 Å². The highest BCUT2D eigenvalue weighted by Crippen LogP contribution is 2.16. The SMILES string of the molecule is CC(CN(C)C)NCc1cc(F)cc([N+](=O)[O-])c1. The van der Waals surface area contributed by atoms with Gasteiger partial charge < -0.3 is 10.2 Å². The van der Waals surface area contributed by atoms with Crippen LogP contribution in [0.15, 0.2) is 18.2 Å². The number of non-ortho nitro benzene ring substituents is 1. The lowest BCUT2D eigenvalue weighted by Crippen LogP contribution is -2.35. The van der Waals surface area contributed by atoms with Crippen molar-refractivity contribution in [1.82, 2.24) is 10.2 Å². The summed E-state index contributed by atoms with van der Waals surface area (Å²) in [6.07, 6.45) is 0. The molecule has 6 heteroatoms. The van der Waals surface area contributed by atoms with Crippen LogP contribution in [0, 0.1) is 15.9 Å². The van der Waals surface area contributed by atoms with E-state index in [1.807, 2.05) is 25.9 Å². The van der Waals surface area contributed by atoms with Gasteiger partial charge in [0.2, 0.25) is 0 Å². The van der Waals surface area contributed by atoms with E-state index >= 15 is 0 Å². The molecule has 1 N–H and O–H groups in total. The van der Waals surface area contributed by atoms with E-state index in [0.29, 0.717) is 12.1 Å². The number of hydrogen-bond acceptors (Lipinski definition) is 4. The lowest BCUT2D eigenvalue weighted by Gasteiger charge is -2.18. The van der Waals surface area contributed by atoms with Gasteiger partial charge in [-0.05, 0) is 32.6 Å². The highest BCUT2D eigenvalue weighted by atomic mass is 19.1. The summed E-state index contributed by atoms with van der Waals surface area (Å²) in [4.78, 5) is 12.0. The van der Waals surface area contributed by atoms with Gasteiger partial charge in [-0.15, -0.1) is 0 Å². The lowest BCUT2D eigenvalue weighted by atomic mass is 10.2. The van der Waals surface area contributed by atoms with Gasteiger partial charge in [-0.3, -0.25) is 10.1 Å². The summed E-state index contributed by atoms with van der Waals surface area (Å²) < 4.78 is 13.2. The maximum absolute atomic E-state index is 13.2. The smallest absolute Gasteiger partial charge is 0.272 e. The molecule has 0 aliphatic heterocycles. The number of rotatable bonds is 6. The first-order valence-corrected chi connectivity index (χ1v) is 5.70. The minimum atomic E-state index is -0.587. The van der Waals surface area contributed by atoms with Gasteiger partial charge in [-0.2, -0.15) is 0 Å². The fourth-order valence-electron chi connectivity index (χ4n) is 1.75. The topological polar surface area (TPSA) is 58.4 Å². The second kappa shape index (κ2) is 6.42. The molecule has 0 fully saturated rings. The molecular weight excluding hydrogens is 237 g/mol. The largest absolute Gasteiger partial charge is 0.309 e. The second-order valence-electron chi connectivity index (χ2n) is 4.62. The van der Waals surface area contributed by atoms with Crippen LogP contribution in [0.5, 0.6) is 0 Å². The summed E-state index contributed by atoms with van der Waals surface area (Å²) in [5.74, 6) is -0.582. The molecule has 0 spiro atoms. The summed E-state index contributed by atoms with van der Waals surface area (Å²) in [6.45, 7) is 3.26. The highest BCUT2D eigenvalue weighted by molar-refractivity contribution is 5.35. The molecular formula is C12H18FN3O2. The summed E-state index contributed by atoms with van der Waals surface area (Å²) in [5, 5.41) is 13.8. The quantitative estimate of drug-likeness (QED) is 0.621. The number of hydrogen-bond donors (Lipinski definition) is 1. The number of nitro groups is 1. The van der Waals surface area contributed by atoms with Gasteiger partial charge in [0.05, 0.1) is 11.0 Å². The third-order valence-corrected chi connectivity index (χ3v) is 2.45.